The molecule has 1 aromatic carbocycles. The Morgan fingerprint density at radius 2 is 2.21 bits per heavy atom. The highest BCUT2D eigenvalue weighted by Crippen LogP contribution is 2.16. The van der Waals surface area contributed by atoms with Crippen molar-refractivity contribution in [3.05, 3.63) is 36.2 Å². The molecule has 0 amide bonds. The number of aliphatic imine (C=N–C) groups is 1. The van der Waals surface area contributed by atoms with Gasteiger partial charge < -0.3 is 20.3 Å². The molecule has 3 rings (SSSR count). The summed E-state index contributed by atoms with van der Waals surface area (Å²) >= 11 is 0. The van der Waals surface area contributed by atoms with Crippen LogP contribution in [0.25, 0.3) is 11.4 Å². The van der Waals surface area contributed by atoms with E-state index in [1.807, 2.05) is 12.1 Å². The molecule has 0 atom stereocenters. The van der Waals surface area contributed by atoms with Crippen molar-refractivity contribution in [2.24, 2.45) is 4.99 Å². The molecule has 0 spiro atoms. The highest BCUT2D eigenvalue weighted by atomic mass is 16.5. The molecule has 1 aliphatic rings. The van der Waals surface area contributed by atoms with Gasteiger partial charge >= 0.3 is 0 Å². The van der Waals surface area contributed by atoms with Crippen LogP contribution in [0.15, 0.2) is 35.6 Å². The number of H-pyrrole nitrogens is 1. The van der Waals surface area contributed by atoms with Crippen molar-refractivity contribution in [3.63, 3.8) is 0 Å². The monoisotopic (exact) mass is 399 g/mol. The molecule has 0 aliphatic carbocycles. The zero-order chi connectivity index (χ0) is 20.3. The molecule has 0 unspecified atom stereocenters. The van der Waals surface area contributed by atoms with Crippen LogP contribution in [0.2, 0.25) is 0 Å². The number of hydrogen-bond acceptors (Lipinski definition) is 5. The minimum absolute atomic E-state index is 0.465. The average Bonchev–Trinajstić information content (AvgIpc) is 3.29. The lowest BCUT2D eigenvalue weighted by atomic mass is 10.1. The lowest BCUT2D eigenvalue weighted by Gasteiger charge is -2.33. The summed E-state index contributed by atoms with van der Waals surface area (Å²) in [7, 11) is 1.77. The maximum atomic E-state index is 5.15. The molecule has 158 valence electrons. The van der Waals surface area contributed by atoms with Crippen LogP contribution in [-0.2, 0) is 11.3 Å². The van der Waals surface area contributed by atoms with E-state index in [4.69, 9.17) is 9.73 Å². The Morgan fingerprint density at radius 3 is 2.93 bits per heavy atom. The largest absolute Gasteiger partial charge is 0.385 e. The van der Waals surface area contributed by atoms with Crippen molar-refractivity contribution in [1.82, 2.24) is 30.7 Å². The van der Waals surface area contributed by atoms with E-state index in [9.17, 15) is 0 Å². The van der Waals surface area contributed by atoms with Crippen LogP contribution in [-0.4, -0.2) is 72.0 Å². The lowest BCUT2D eigenvalue weighted by Crippen LogP contribution is -2.48. The Morgan fingerprint density at radius 1 is 1.34 bits per heavy atom. The number of likely N-dealkylation sites (tertiary alicyclic amines) is 1. The molecule has 8 nitrogen and oxygen atoms in total. The van der Waals surface area contributed by atoms with Crippen LogP contribution >= 0.6 is 0 Å². The molecule has 1 aliphatic heterocycles. The van der Waals surface area contributed by atoms with Gasteiger partial charge in [-0.3, -0.25) is 5.10 Å². The number of guanidine groups is 1. The van der Waals surface area contributed by atoms with E-state index in [-0.39, 0.29) is 0 Å². The third-order valence-corrected chi connectivity index (χ3v) is 5.13. The number of piperidine rings is 1. The first-order valence-corrected chi connectivity index (χ1v) is 10.5. The Hall–Kier alpha value is -2.45. The maximum Gasteiger partial charge on any atom is 0.191 e. The van der Waals surface area contributed by atoms with Gasteiger partial charge in [-0.1, -0.05) is 18.2 Å². The number of nitrogens with zero attached hydrogens (tertiary/aromatic N) is 4. The van der Waals surface area contributed by atoms with Gasteiger partial charge in [0.15, 0.2) is 11.8 Å². The molecule has 0 saturated carbocycles. The topological polar surface area (TPSA) is 90.5 Å². The molecule has 8 heteroatoms. The standard InChI is InChI=1S/C21H33N7O/c1-3-22-21(26-19-8-11-28(12-9-19)10-5-13-29-2)23-15-17-6-4-7-18(14-17)20-24-16-25-27-20/h4,6-7,14,16,19H,3,5,8-13,15H2,1-2H3,(H2,22,23,26)(H,24,25,27). The van der Waals surface area contributed by atoms with E-state index in [2.05, 4.69) is 49.8 Å². The van der Waals surface area contributed by atoms with Gasteiger partial charge in [0, 0.05) is 51.5 Å². The lowest BCUT2D eigenvalue weighted by molar-refractivity contribution is 0.155. The predicted molar refractivity (Wildman–Crippen MR) is 116 cm³/mol. The van der Waals surface area contributed by atoms with Gasteiger partial charge in [0.1, 0.15) is 6.33 Å². The Balaban J connectivity index is 1.52. The first-order chi connectivity index (χ1) is 14.3. The number of aromatic amines is 1. The molecule has 1 saturated heterocycles. The Kier molecular flexibility index (Phi) is 8.45. The Bertz CT molecular complexity index is 739. The van der Waals surface area contributed by atoms with E-state index < -0.39 is 0 Å². The second kappa shape index (κ2) is 11.5. The molecule has 3 N–H and O–H groups in total. The predicted octanol–water partition coefficient (Wildman–Crippen LogP) is 2.03. The van der Waals surface area contributed by atoms with Crippen molar-refractivity contribution < 1.29 is 4.74 Å². The van der Waals surface area contributed by atoms with Crippen molar-refractivity contribution >= 4 is 5.96 Å². The van der Waals surface area contributed by atoms with Crippen molar-refractivity contribution in [2.45, 2.75) is 38.8 Å². The van der Waals surface area contributed by atoms with Crippen molar-refractivity contribution in [3.8, 4) is 11.4 Å². The van der Waals surface area contributed by atoms with Crippen molar-refractivity contribution in [1.29, 1.82) is 0 Å². The van der Waals surface area contributed by atoms with Gasteiger partial charge in [0.25, 0.3) is 0 Å². The third-order valence-electron chi connectivity index (χ3n) is 5.13. The number of ether oxygens (including phenoxy) is 1. The smallest absolute Gasteiger partial charge is 0.191 e. The molecule has 2 aromatic rings. The summed E-state index contributed by atoms with van der Waals surface area (Å²) in [5.74, 6) is 1.66. The molecule has 1 fully saturated rings. The van der Waals surface area contributed by atoms with Crippen LogP contribution in [0.1, 0.15) is 31.7 Å². The Labute approximate surface area is 173 Å². The number of rotatable bonds is 9. The van der Waals surface area contributed by atoms with Crippen LogP contribution in [0, 0.1) is 0 Å². The number of nitrogens with one attached hydrogen (secondary N) is 3. The van der Waals surface area contributed by atoms with Gasteiger partial charge in [-0.15, -0.1) is 0 Å². The molecule has 2 heterocycles. The second-order valence-corrected chi connectivity index (χ2v) is 7.34. The fraction of sp³-hybridized carbons (Fsp3) is 0.571. The number of benzene rings is 1. The SMILES string of the molecule is CCNC(=NCc1cccc(-c2ncn[nH]2)c1)NC1CCN(CCCOC)CC1. The molecular weight excluding hydrogens is 366 g/mol. The van der Waals surface area contributed by atoms with Crippen LogP contribution < -0.4 is 10.6 Å². The summed E-state index contributed by atoms with van der Waals surface area (Å²) in [6.07, 6.45) is 4.90. The first-order valence-electron chi connectivity index (χ1n) is 10.5. The summed E-state index contributed by atoms with van der Waals surface area (Å²) in [4.78, 5) is 11.5. The number of hydrogen-bond donors (Lipinski definition) is 3. The average molecular weight is 400 g/mol. The normalized spacial score (nSPS) is 16.1. The zero-order valence-corrected chi connectivity index (χ0v) is 17.5. The van der Waals surface area contributed by atoms with Crippen molar-refractivity contribution in [2.75, 3.05) is 39.9 Å². The quantitative estimate of drug-likeness (QED) is 0.340. The second-order valence-electron chi connectivity index (χ2n) is 7.34. The number of aromatic nitrogens is 3. The zero-order valence-electron chi connectivity index (χ0n) is 17.5. The minimum atomic E-state index is 0.465. The van der Waals surface area contributed by atoms with Crippen LogP contribution in [0.4, 0.5) is 0 Å². The molecular formula is C21H33N7O. The fourth-order valence-corrected chi connectivity index (χ4v) is 3.58. The van der Waals surface area contributed by atoms with Gasteiger partial charge in [0.2, 0.25) is 0 Å². The van der Waals surface area contributed by atoms with E-state index in [1.54, 1.807) is 7.11 Å². The third kappa shape index (κ3) is 6.83. The highest BCUT2D eigenvalue weighted by Gasteiger charge is 2.19. The molecule has 0 radical (unpaired) electrons. The van der Waals surface area contributed by atoms with E-state index in [0.717, 1.165) is 75.0 Å². The van der Waals surface area contributed by atoms with Crippen LogP contribution in [0.5, 0.6) is 0 Å². The summed E-state index contributed by atoms with van der Waals surface area (Å²) in [6, 6.07) is 8.71. The van der Waals surface area contributed by atoms with E-state index in [0.29, 0.717) is 12.6 Å². The van der Waals surface area contributed by atoms with Gasteiger partial charge in [-0.2, -0.15) is 5.10 Å². The molecule has 0 bridgehead atoms. The van der Waals surface area contributed by atoms with Crippen LogP contribution in [0.3, 0.4) is 0 Å². The summed E-state index contributed by atoms with van der Waals surface area (Å²) < 4.78 is 5.15. The van der Waals surface area contributed by atoms with E-state index >= 15 is 0 Å². The number of methoxy groups -OCH3 is 1. The fourth-order valence-electron chi connectivity index (χ4n) is 3.58. The molecule has 1 aromatic heterocycles. The minimum Gasteiger partial charge on any atom is -0.385 e. The maximum absolute atomic E-state index is 5.15. The summed E-state index contributed by atoms with van der Waals surface area (Å²) in [5, 5.41) is 13.8. The van der Waals surface area contributed by atoms with E-state index in [1.165, 1.54) is 6.33 Å². The highest BCUT2D eigenvalue weighted by molar-refractivity contribution is 5.80. The van der Waals surface area contributed by atoms with Gasteiger partial charge in [-0.05, 0) is 37.8 Å². The van der Waals surface area contributed by atoms with Gasteiger partial charge in [0.05, 0.1) is 6.54 Å². The first kappa shape index (κ1) is 21.3. The molecule has 29 heavy (non-hydrogen) atoms. The summed E-state index contributed by atoms with van der Waals surface area (Å²) in [5.41, 5.74) is 2.16. The van der Waals surface area contributed by atoms with Gasteiger partial charge in [-0.25, -0.2) is 9.98 Å². The summed E-state index contributed by atoms with van der Waals surface area (Å²) in [6.45, 7) is 7.77.